The van der Waals surface area contributed by atoms with Crippen LogP contribution in [0.2, 0.25) is 0 Å². The quantitative estimate of drug-likeness (QED) is 0.473. The van der Waals surface area contributed by atoms with Crippen molar-refractivity contribution in [3.05, 3.63) is 58.1 Å². The molecule has 0 radical (unpaired) electrons. The number of hydrogen-bond donors (Lipinski definition) is 0. The first-order valence-corrected chi connectivity index (χ1v) is 9.52. The Labute approximate surface area is 159 Å². The first-order chi connectivity index (χ1) is 12.7. The topological polar surface area (TPSA) is 52.8 Å². The van der Waals surface area contributed by atoms with E-state index in [-0.39, 0.29) is 5.91 Å². The van der Waals surface area contributed by atoms with Gasteiger partial charge in [-0.2, -0.15) is 4.99 Å². The fourth-order valence-electron chi connectivity index (χ4n) is 2.46. The molecule has 134 valence electrons. The highest BCUT2D eigenvalue weighted by atomic mass is 32.1. The van der Waals surface area contributed by atoms with Gasteiger partial charge in [0, 0.05) is 29.6 Å². The van der Waals surface area contributed by atoms with Crippen LogP contribution in [0.15, 0.2) is 53.4 Å². The number of hydrogen-bond acceptors (Lipinski definition) is 5. The number of allylic oxidation sites excluding steroid dienone is 1. The summed E-state index contributed by atoms with van der Waals surface area (Å²) in [6.07, 6.45) is 5.03. The van der Waals surface area contributed by atoms with Gasteiger partial charge in [0.1, 0.15) is 0 Å². The maximum Gasteiger partial charge on any atom is 0.272 e. The molecule has 0 unspecified atom stereocenters. The molecule has 1 amide bonds. The van der Waals surface area contributed by atoms with Gasteiger partial charge in [-0.3, -0.25) is 4.79 Å². The molecule has 0 aliphatic carbocycles. The predicted molar refractivity (Wildman–Crippen MR) is 107 cm³/mol. The van der Waals surface area contributed by atoms with Crippen molar-refractivity contribution in [2.45, 2.75) is 6.54 Å². The molecule has 0 fully saturated rings. The third-order valence-corrected chi connectivity index (χ3v) is 5.52. The van der Waals surface area contributed by atoms with Crippen LogP contribution in [-0.2, 0) is 11.3 Å². The summed E-state index contributed by atoms with van der Waals surface area (Å²) in [7, 11) is 3.19. The lowest BCUT2D eigenvalue weighted by atomic mass is 10.3. The molecule has 26 heavy (non-hydrogen) atoms. The summed E-state index contributed by atoms with van der Waals surface area (Å²) >= 11 is 3.00. The number of carbonyl (C=O) groups excluding carboxylic acids is 1. The molecule has 5 nitrogen and oxygen atoms in total. The van der Waals surface area contributed by atoms with Crippen molar-refractivity contribution in [2.75, 3.05) is 14.2 Å². The molecule has 0 saturated carbocycles. The van der Waals surface area contributed by atoms with E-state index < -0.39 is 0 Å². The van der Waals surface area contributed by atoms with E-state index in [4.69, 9.17) is 9.47 Å². The van der Waals surface area contributed by atoms with Crippen LogP contribution < -0.4 is 14.3 Å². The molecule has 0 atom stereocenters. The van der Waals surface area contributed by atoms with Gasteiger partial charge in [-0.05, 0) is 17.5 Å². The molecule has 0 N–H and O–H groups in total. The van der Waals surface area contributed by atoms with E-state index in [0.29, 0.717) is 22.8 Å². The standard InChI is InChI=1S/C19H18N2O3S2/c1-4-9-21-14-11-15(23-2)16(24-3)12-17(14)26-19(21)20-18(22)8-7-13-6-5-10-25-13/h4-8,10-12H,1,9H2,2-3H3/b8-7+,20-19?. The van der Waals surface area contributed by atoms with Crippen molar-refractivity contribution < 1.29 is 14.3 Å². The molecule has 0 spiro atoms. The van der Waals surface area contributed by atoms with Crippen molar-refractivity contribution in [3.63, 3.8) is 0 Å². The number of amides is 1. The second-order valence-corrected chi connectivity index (χ2v) is 7.25. The van der Waals surface area contributed by atoms with Crippen LogP contribution in [0.1, 0.15) is 4.88 Å². The van der Waals surface area contributed by atoms with Gasteiger partial charge in [0.2, 0.25) is 0 Å². The van der Waals surface area contributed by atoms with E-state index in [2.05, 4.69) is 11.6 Å². The molecule has 0 bridgehead atoms. The molecule has 0 saturated heterocycles. The second-order valence-electron chi connectivity index (χ2n) is 5.26. The van der Waals surface area contributed by atoms with Gasteiger partial charge < -0.3 is 14.0 Å². The lowest BCUT2D eigenvalue weighted by Gasteiger charge is -2.08. The maximum absolute atomic E-state index is 12.3. The molecule has 3 aromatic rings. The minimum Gasteiger partial charge on any atom is -0.493 e. The fourth-order valence-corrected chi connectivity index (χ4v) is 4.13. The second kappa shape index (κ2) is 8.16. The Hall–Kier alpha value is -2.64. The van der Waals surface area contributed by atoms with Crippen LogP contribution in [0.3, 0.4) is 0 Å². The van der Waals surface area contributed by atoms with Crippen molar-refractivity contribution in [1.82, 2.24) is 4.57 Å². The van der Waals surface area contributed by atoms with E-state index in [1.165, 1.54) is 17.4 Å². The molecule has 0 aliphatic rings. The third kappa shape index (κ3) is 3.79. The van der Waals surface area contributed by atoms with Gasteiger partial charge >= 0.3 is 0 Å². The molecular formula is C19H18N2O3S2. The summed E-state index contributed by atoms with van der Waals surface area (Å²) in [5, 5.41) is 1.96. The smallest absolute Gasteiger partial charge is 0.272 e. The third-order valence-electron chi connectivity index (χ3n) is 3.64. The molecule has 1 aromatic carbocycles. The van der Waals surface area contributed by atoms with Gasteiger partial charge in [0.05, 0.1) is 24.4 Å². The Kier molecular flexibility index (Phi) is 5.70. The summed E-state index contributed by atoms with van der Waals surface area (Å²) in [6.45, 7) is 4.34. The lowest BCUT2D eigenvalue weighted by molar-refractivity contribution is -0.113. The number of thiophene rings is 1. The van der Waals surface area contributed by atoms with Crippen LogP contribution in [-0.4, -0.2) is 24.7 Å². The van der Waals surface area contributed by atoms with Gasteiger partial charge in [-0.25, -0.2) is 0 Å². The zero-order valence-corrected chi connectivity index (χ0v) is 16.1. The average molecular weight is 386 g/mol. The van der Waals surface area contributed by atoms with Crippen molar-refractivity contribution in [2.24, 2.45) is 4.99 Å². The minimum atomic E-state index is -0.304. The van der Waals surface area contributed by atoms with Crippen LogP contribution in [0.25, 0.3) is 16.3 Å². The van der Waals surface area contributed by atoms with Crippen LogP contribution in [0.5, 0.6) is 11.5 Å². The van der Waals surface area contributed by atoms with Crippen molar-refractivity contribution in [3.8, 4) is 11.5 Å². The molecule has 2 heterocycles. The van der Waals surface area contributed by atoms with Gasteiger partial charge in [0.15, 0.2) is 16.3 Å². The largest absolute Gasteiger partial charge is 0.493 e. The maximum atomic E-state index is 12.3. The number of fused-ring (bicyclic) bond motifs is 1. The molecule has 2 aromatic heterocycles. The normalized spacial score (nSPS) is 12.0. The minimum absolute atomic E-state index is 0.304. The number of carbonyl (C=O) groups is 1. The molecule has 7 heteroatoms. The predicted octanol–water partition coefficient (Wildman–Crippen LogP) is 4.11. The highest BCUT2D eigenvalue weighted by Crippen LogP contribution is 2.33. The Morgan fingerprint density at radius 2 is 2.08 bits per heavy atom. The Morgan fingerprint density at radius 3 is 2.73 bits per heavy atom. The zero-order chi connectivity index (χ0) is 18.5. The van der Waals surface area contributed by atoms with E-state index in [1.54, 1.807) is 37.7 Å². The Morgan fingerprint density at radius 1 is 1.31 bits per heavy atom. The van der Waals surface area contributed by atoms with Crippen molar-refractivity contribution >= 4 is 44.9 Å². The summed E-state index contributed by atoms with van der Waals surface area (Å²) < 4.78 is 13.6. The monoisotopic (exact) mass is 386 g/mol. The number of aromatic nitrogens is 1. The summed E-state index contributed by atoms with van der Waals surface area (Å²) in [4.78, 5) is 18.1. The highest BCUT2D eigenvalue weighted by molar-refractivity contribution is 7.16. The van der Waals surface area contributed by atoms with Gasteiger partial charge in [-0.1, -0.05) is 23.5 Å². The Balaban J connectivity index is 2.07. The average Bonchev–Trinajstić information content (AvgIpc) is 3.27. The van der Waals surface area contributed by atoms with E-state index in [9.17, 15) is 4.79 Å². The molecule has 0 aliphatic heterocycles. The SMILES string of the molecule is C=CCn1c(=NC(=O)/C=C/c2cccs2)sc2cc(OC)c(OC)cc21. The Bertz CT molecular complexity index is 1030. The number of benzene rings is 1. The fraction of sp³-hybridized carbons (Fsp3) is 0.158. The van der Waals surface area contributed by atoms with E-state index in [0.717, 1.165) is 15.1 Å². The summed E-state index contributed by atoms with van der Waals surface area (Å²) in [5.74, 6) is 0.968. The van der Waals surface area contributed by atoms with Crippen LogP contribution in [0, 0.1) is 0 Å². The first-order valence-electron chi connectivity index (χ1n) is 7.82. The van der Waals surface area contributed by atoms with Gasteiger partial charge in [-0.15, -0.1) is 17.9 Å². The molecule has 3 rings (SSSR count). The van der Waals surface area contributed by atoms with Crippen LogP contribution in [0.4, 0.5) is 0 Å². The van der Waals surface area contributed by atoms with Crippen LogP contribution >= 0.6 is 22.7 Å². The number of nitrogens with zero attached hydrogens (tertiary/aromatic N) is 2. The van der Waals surface area contributed by atoms with Gasteiger partial charge in [0.25, 0.3) is 5.91 Å². The number of thiazole rings is 1. The summed E-state index contributed by atoms with van der Waals surface area (Å²) in [6, 6.07) is 7.67. The number of ether oxygens (including phenoxy) is 2. The number of rotatable bonds is 6. The highest BCUT2D eigenvalue weighted by Gasteiger charge is 2.12. The lowest BCUT2D eigenvalue weighted by Crippen LogP contribution is -2.15. The van der Waals surface area contributed by atoms with Crippen molar-refractivity contribution in [1.29, 1.82) is 0 Å². The number of methoxy groups -OCH3 is 2. The van der Waals surface area contributed by atoms with E-state index in [1.807, 2.05) is 34.2 Å². The zero-order valence-electron chi connectivity index (χ0n) is 14.5. The van der Waals surface area contributed by atoms with E-state index >= 15 is 0 Å². The summed E-state index contributed by atoms with van der Waals surface area (Å²) in [5.41, 5.74) is 0.918. The first kappa shape index (κ1) is 18.2. The molecular weight excluding hydrogens is 368 g/mol.